The van der Waals surface area contributed by atoms with Gasteiger partial charge in [0, 0.05) is 42.7 Å². The molecule has 3 aromatic carbocycles. The van der Waals surface area contributed by atoms with E-state index in [0.717, 1.165) is 16.8 Å². The summed E-state index contributed by atoms with van der Waals surface area (Å²) in [6, 6.07) is 20.6. The highest BCUT2D eigenvalue weighted by atomic mass is 16.6. The van der Waals surface area contributed by atoms with E-state index in [9.17, 15) is 14.4 Å². The minimum Gasteiger partial charge on any atom is -0.493 e. The van der Waals surface area contributed by atoms with E-state index in [4.69, 9.17) is 23.7 Å². The van der Waals surface area contributed by atoms with Crippen LogP contribution in [0.15, 0.2) is 89.3 Å². The zero-order chi connectivity index (χ0) is 32.8. The van der Waals surface area contributed by atoms with Gasteiger partial charge in [-0.3, -0.25) is 9.59 Å². The standard InChI is InChI=1S/C37H39NO8/c1-6-44-33-21-26(13-15-31(33)46-23(3)39)35-34(37(41)45-17-16-24-10-8-7-9-11-24)22(2)38-28-18-27(19-29(40)36(28)35)25-12-14-30(42-4)32(20-25)43-5/h7-15,20-21,27,35,38H,6,16-19H2,1-5H3/t27-,35+/m0/s1. The molecule has 3 aromatic rings. The third kappa shape index (κ3) is 6.93. The maximum Gasteiger partial charge on any atom is 0.336 e. The molecule has 1 heterocycles. The molecule has 9 heteroatoms. The second kappa shape index (κ2) is 14.4. The van der Waals surface area contributed by atoms with E-state index in [1.54, 1.807) is 32.4 Å². The largest absolute Gasteiger partial charge is 0.493 e. The van der Waals surface area contributed by atoms with E-state index >= 15 is 0 Å². The Kier molecular flexibility index (Phi) is 10.1. The van der Waals surface area contributed by atoms with Gasteiger partial charge in [-0.25, -0.2) is 4.79 Å². The van der Waals surface area contributed by atoms with Crippen LogP contribution in [-0.4, -0.2) is 45.2 Å². The van der Waals surface area contributed by atoms with Crippen LogP contribution in [-0.2, 0) is 25.5 Å². The number of hydrogen-bond acceptors (Lipinski definition) is 9. The summed E-state index contributed by atoms with van der Waals surface area (Å²) in [4.78, 5) is 39.7. The van der Waals surface area contributed by atoms with Gasteiger partial charge >= 0.3 is 11.9 Å². The van der Waals surface area contributed by atoms with Crippen LogP contribution >= 0.6 is 0 Å². The molecule has 0 saturated heterocycles. The lowest BCUT2D eigenvalue weighted by Crippen LogP contribution is -2.36. The first-order valence-electron chi connectivity index (χ1n) is 15.4. The van der Waals surface area contributed by atoms with Crippen LogP contribution in [0.2, 0.25) is 0 Å². The maximum absolute atomic E-state index is 14.1. The van der Waals surface area contributed by atoms with Gasteiger partial charge in [-0.15, -0.1) is 0 Å². The van der Waals surface area contributed by atoms with Gasteiger partial charge < -0.3 is 29.0 Å². The Labute approximate surface area is 269 Å². The summed E-state index contributed by atoms with van der Waals surface area (Å²) in [5, 5.41) is 3.40. The summed E-state index contributed by atoms with van der Waals surface area (Å²) in [5.41, 5.74) is 4.88. The Balaban J connectivity index is 1.53. The number of ether oxygens (including phenoxy) is 5. The molecule has 0 saturated carbocycles. The number of esters is 2. The number of carbonyl (C=O) groups excluding carboxylic acids is 3. The van der Waals surface area contributed by atoms with Crippen molar-refractivity contribution in [3.05, 3.63) is 106 Å². The topological polar surface area (TPSA) is 109 Å². The van der Waals surface area contributed by atoms with Crippen molar-refractivity contribution in [3.8, 4) is 23.0 Å². The molecule has 0 amide bonds. The number of methoxy groups -OCH3 is 2. The van der Waals surface area contributed by atoms with Crippen molar-refractivity contribution in [1.29, 1.82) is 0 Å². The molecule has 2 atom stereocenters. The molecule has 0 fully saturated rings. The van der Waals surface area contributed by atoms with Gasteiger partial charge in [-0.2, -0.15) is 0 Å². The molecule has 1 aliphatic heterocycles. The van der Waals surface area contributed by atoms with Crippen LogP contribution in [0, 0.1) is 0 Å². The normalized spacial score (nSPS) is 17.5. The number of carbonyl (C=O) groups is 3. The van der Waals surface area contributed by atoms with Crippen LogP contribution in [0.5, 0.6) is 23.0 Å². The minimum atomic E-state index is -0.718. The van der Waals surface area contributed by atoms with E-state index in [0.29, 0.717) is 59.1 Å². The number of benzene rings is 3. The molecule has 1 aliphatic carbocycles. The second-order valence-corrected chi connectivity index (χ2v) is 11.2. The van der Waals surface area contributed by atoms with Crippen molar-refractivity contribution in [2.45, 2.75) is 51.9 Å². The zero-order valence-electron chi connectivity index (χ0n) is 26.8. The summed E-state index contributed by atoms with van der Waals surface area (Å²) in [6.07, 6.45) is 1.35. The van der Waals surface area contributed by atoms with Crippen molar-refractivity contribution in [2.24, 2.45) is 0 Å². The summed E-state index contributed by atoms with van der Waals surface area (Å²) < 4.78 is 28.0. The molecule has 0 bridgehead atoms. The average molecular weight is 626 g/mol. The number of Topliss-reactive ketones (excluding diaryl/α,β-unsaturated/α-hetero) is 1. The molecule has 2 aliphatic rings. The third-order valence-electron chi connectivity index (χ3n) is 8.25. The molecule has 240 valence electrons. The van der Waals surface area contributed by atoms with Gasteiger partial charge in [0.15, 0.2) is 28.8 Å². The van der Waals surface area contributed by atoms with Crippen LogP contribution in [0.4, 0.5) is 0 Å². The van der Waals surface area contributed by atoms with Gasteiger partial charge in [0.1, 0.15) is 0 Å². The van der Waals surface area contributed by atoms with E-state index in [2.05, 4.69) is 5.32 Å². The number of ketones is 1. The number of allylic oxidation sites excluding steroid dienone is 3. The number of dihydropyridines is 1. The molecule has 46 heavy (non-hydrogen) atoms. The molecule has 9 nitrogen and oxygen atoms in total. The van der Waals surface area contributed by atoms with Crippen molar-refractivity contribution in [1.82, 2.24) is 5.32 Å². The fourth-order valence-electron chi connectivity index (χ4n) is 6.18. The second-order valence-electron chi connectivity index (χ2n) is 11.2. The Bertz CT molecular complexity index is 1690. The molecular weight excluding hydrogens is 586 g/mol. The van der Waals surface area contributed by atoms with E-state index in [1.165, 1.54) is 6.92 Å². The summed E-state index contributed by atoms with van der Waals surface area (Å²) >= 11 is 0. The van der Waals surface area contributed by atoms with Gasteiger partial charge in [0.25, 0.3) is 0 Å². The predicted molar refractivity (Wildman–Crippen MR) is 172 cm³/mol. The van der Waals surface area contributed by atoms with Gasteiger partial charge in [0.05, 0.1) is 33.0 Å². The Hall–Kier alpha value is -5.05. The molecule has 0 unspecified atom stereocenters. The third-order valence-corrected chi connectivity index (χ3v) is 8.25. The van der Waals surface area contributed by atoms with E-state index in [1.807, 2.05) is 62.4 Å². The molecule has 0 aromatic heterocycles. The molecule has 1 N–H and O–H groups in total. The van der Waals surface area contributed by atoms with Crippen LogP contribution in [0.25, 0.3) is 0 Å². The fourth-order valence-corrected chi connectivity index (χ4v) is 6.18. The fraction of sp³-hybridized carbons (Fsp3) is 0.324. The quantitative estimate of drug-likeness (QED) is 0.198. The molecular formula is C37H39NO8. The first-order chi connectivity index (χ1) is 22.2. The van der Waals surface area contributed by atoms with Crippen molar-refractivity contribution >= 4 is 17.7 Å². The lowest BCUT2D eigenvalue weighted by Gasteiger charge is -2.37. The summed E-state index contributed by atoms with van der Waals surface area (Å²) in [7, 11) is 3.17. The van der Waals surface area contributed by atoms with Crippen molar-refractivity contribution in [3.63, 3.8) is 0 Å². The minimum absolute atomic E-state index is 0.0809. The highest BCUT2D eigenvalue weighted by Gasteiger charge is 2.42. The van der Waals surface area contributed by atoms with Gasteiger partial charge in [0.2, 0.25) is 0 Å². The SMILES string of the molecule is CCOc1cc([C@@H]2C(C(=O)OCCc3ccccc3)=C(C)NC3=C2C(=O)C[C@@H](c2ccc(OC)c(OC)c2)C3)ccc1OC(C)=O. The van der Waals surface area contributed by atoms with E-state index in [-0.39, 0.29) is 30.5 Å². The lowest BCUT2D eigenvalue weighted by atomic mass is 9.71. The number of hydrogen-bond donors (Lipinski definition) is 1. The first-order valence-corrected chi connectivity index (χ1v) is 15.4. The monoisotopic (exact) mass is 625 g/mol. The molecule has 0 spiro atoms. The van der Waals surface area contributed by atoms with Crippen molar-refractivity contribution < 1.29 is 38.1 Å². The highest BCUT2D eigenvalue weighted by molar-refractivity contribution is 6.04. The smallest absolute Gasteiger partial charge is 0.336 e. The van der Waals surface area contributed by atoms with Crippen molar-refractivity contribution in [2.75, 3.05) is 27.4 Å². The molecule has 0 radical (unpaired) electrons. The number of nitrogens with one attached hydrogen (secondary N) is 1. The predicted octanol–water partition coefficient (Wildman–Crippen LogP) is 6.18. The maximum atomic E-state index is 14.1. The van der Waals surface area contributed by atoms with Gasteiger partial charge in [-0.05, 0) is 67.1 Å². The van der Waals surface area contributed by atoms with E-state index < -0.39 is 17.9 Å². The van der Waals surface area contributed by atoms with Crippen LogP contribution < -0.4 is 24.3 Å². The highest BCUT2D eigenvalue weighted by Crippen LogP contribution is 2.47. The summed E-state index contributed by atoms with van der Waals surface area (Å²) in [6.45, 7) is 5.48. The Morgan fingerprint density at radius 1 is 0.870 bits per heavy atom. The summed E-state index contributed by atoms with van der Waals surface area (Å²) in [5.74, 6) is -0.0919. The first kappa shape index (κ1) is 32.3. The number of rotatable bonds is 11. The van der Waals surface area contributed by atoms with Crippen LogP contribution in [0.3, 0.4) is 0 Å². The average Bonchev–Trinajstić information content (AvgIpc) is 3.04. The van der Waals surface area contributed by atoms with Gasteiger partial charge in [-0.1, -0.05) is 42.5 Å². The lowest BCUT2D eigenvalue weighted by molar-refractivity contribution is -0.139. The Morgan fingerprint density at radius 3 is 2.26 bits per heavy atom. The Morgan fingerprint density at radius 2 is 1.57 bits per heavy atom. The van der Waals surface area contributed by atoms with Crippen LogP contribution in [0.1, 0.15) is 62.1 Å². The zero-order valence-corrected chi connectivity index (χ0v) is 26.8. The molecule has 5 rings (SSSR count).